The maximum Gasteiger partial charge on any atom is 0.303 e. The molecule has 0 amide bonds. The summed E-state index contributed by atoms with van der Waals surface area (Å²) in [6.07, 6.45) is 13.2. The third kappa shape index (κ3) is 7.25. The topological polar surface area (TPSA) is 75.5 Å². The zero-order valence-corrected chi connectivity index (χ0v) is 20.7. The van der Waals surface area contributed by atoms with Crippen LogP contribution in [-0.2, 0) is 17.6 Å². The van der Waals surface area contributed by atoms with Gasteiger partial charge in [-0.3, -0.25) is 14.8 Å². The molecule has 35 heavy (non-hydrogen) atoms. The monoisotopic (exact) mass is 475 g/mol. The molecule has 2 atom stereocenters. The molecule has 4 rings (SSSR count). The first-order valence-corrected chi connectivity index (χ1v) is 12.9. The van der Waals surface area contributed by atoms with Crippen molar-refractivity contribution in [3.05, 3.63) is 66.1 Å². The SMILES string of the molecule is COc1ccc2nccc(CCC[C@@H]3CCN(CCCc4ccncc4)C[C@@H]3CCC(=O)O)c2c1. The number of pyridine rings is 2. The van der Waals surface area contributed by atoms with Crippen molar-refractivity contribution in [1.82, 2.24) is 14.9 Å². The number of carboxylic acid groups (broad SMARTS) is 1. The maximum absolute atomic E-state index is 11.3. The van der Waals surface area contributed by atoms with Crippen LogP contribution < -0.4 is 4.74 Å². The first kappa shape index (κ1) is 25.1. The van der Waals surface area contributed by atoms with E-state index in [1.807, 2.05) is 30.7 Å². The Morgan fingerprint density at radius 1 is 1.06 bits per heavy atom. The molecule has 6 nitrogen and oxygen atoms in total. The van der Waals surface area contributed by atoms with Gasteiger partial charge in [0.25, 0.3) is 0 Å². The van der Waals surface area contributed by atoms with E-state index >= 15 is 0 Å². The summed E-state index contributed by atoms with van der Waals surface area (Å²) in [7, 11) is 1.69. The van der Waals surface area contributed by atoms with Crippen LogP contribution in [0.4, 0.5) is 0 Å². The minimum atomic E-state index is -0.684. The number of aliphatic carboxylic acids is 1. The van der Waals surface area contributed by atoms with Crippen LogP contribution in [0.15, 0.2) is 55.0 Å². The molecule has 1 fully saturated rings. The quantitative estimate of drug-likeness (QED) is 0.378. The van der Waals surface area contributed by atoms with Gasteiger partial charge in [-0.2, -0.15) is 0 Å². The van der Waals surface area contributed by atoms with Crippen LogP contribution in [0.5, 0.6) is 5.75 Å². The molecule has 1 aromatic carbocycles. The Balaban J connectivity index is 1.31. The van der Waals surface area contributed by atoms with Gasteiger partial charge >= 0.3 is 5.97 Å². The number of aromatic nitrogens is 2. The summed E-state index contributed by atoms with van der Waals surface area (Å²) in [4.78, 5) is 22.4. The van der Waals surface area contributed by atoms with Gasteiger partial charge in [-0.25, -0.2) is 0 Å². The number of aryl methyl sites for hydroxylation is 2. The minimum Gasteiger partial charge on any atom is -0.497 e. The van der Waals surface area contributed by atoms with Crippen LogP contribution in [0.1, 0.15) is 49.7 Å². The predicted octanol–water partition coefficient (Wildman–Crippen LogP) is 5.40. The molecule has 1 saturated heterocycles. The highest BCUT2D eigenvalue weighted by Crippen LogP contribution is 2.32. The van der Waals surface area contributed by atoms with Crippen molar-refractivity contribution in [1.29, 1.82) is 0 Å². The third-order valence-corrected chi connectivity index (χ3v) is 7.45. The molecule has 0 spiro atoms. The van der Waals surface area contributed by atoms with E-state index in [1.165, 1.54) is 16.5 Å². The van der Waals surface area contributed by atoms with E-state index < -0.39 is 5.97 Å². The van der Waals surface area contributed by atoms with Crippen LogP contribution in [0, 0.1) is 11.8 Å². The number of hydrogen-bond acceptors (Lipinski definition) is 5. The molecule has 0 radical (unpaired) electrons. The molecular weight excluding hydrogens is 438 g/mol. The van der Waals surface area contributed by atoms with Gasteiger partial charge in [0.15, 0.2) is 0 Å². The van der Waals surface area contributed by atoms with Gasteiger partial charge in [-0.15, -0.1) is 0 Å². The van der Waals surface area contributed by atoms with E-state index in [9.17, 15) is 9.90 Å². The number of hydrogen-bond donors (Lipinski definition) is 1. The van der Waals surface area contributed by atoms with Crippen molar-refractivity contribution in [2.45, 2.75) is 51.4 Å². The standard InChI is InChI=1S/C29H37N3O3/c1-35-26-8-9-28-27(20-26)24(13-17-31-28)6-2-5-23-14-19-32(21-25(23)7-10-29(33)34)18-3-4-22-11-15-30-16-12-22/h8-9,11-13,15-17,20,23,25H,2-7,10,14,18-19,21H2,1H3,(H,33,34)/t23-,25+/m1/s1. The van der Waals surface area contributed by atoms with Crippen LogP contribution >= 0.6 is 0 Å². The second-order valence-electron chi connectivity index (χ2n) is 9.75. The first-order valence-electron chi connectivity index (χ1n) is 12.9. The Hall–Kier alpha value is -2.99. The Morgan fingerprint density at radius 2 is 1.91 bits per heavy atom. The predicted molar refractivity (Wildman–Crippen MR) is 139 cm³/mol. The lowest BCUT2D eigenvalue weighted by molar-refractivity contribution is -0.137. The molecule has 0 unspecified atom stereocenters. The summed E-state index contributed by atoms with van der Waals surface area (Å²) >= 11 is 0. The highest BCUT2D eigenvalue weighted by Gasteiger charge is 2.29. The van der Waals surface area contributed by atoms with Gasteiger partial charge in [-0.1, -0.05) is 0 Å². The third-order valence-electron chi connectivity index (χ3n) is 7.45. The van der Waals surface area contributed by atoms with Crippen molar-refractivity contribution in [3.63, 3.8) is 0 Å². The van der Waals surface area contributed by atoms with Gasteiger partial charge in [0.2, 0.25) is 0 Å². The second-order valence-corrected chi connectivity index (χ2v) is 9.75. The maximum atomic E-state index is 11.3. The van der Waals surface area contributed by atoms with E-state index in [-0.39, 0.29) is 6.42 Å². The van der Waals surface area contributed by atoms with Crippen molar-refractivity contribution in [2.24, 2.45) is 11.8 Å². The number of carboxylic acids is 1. The zero-order chi connectivity index (χ0) is 24.5. The van der Waals surface area contributed by atoms with E-state index in [0.717, 1.165) is 75.8 Å². The molecule has 186 valence electrons. The summed E-state index contributed by atoms with van der Waals surface area (Å²) < 4.78 is 5.42. The van der Waals surface area contributed by atoms with Gasteiger partial charge < -0.3 is 14.7 Å². The van der Waals surface area contributed by atoms with Gasteiger partial charge in [0.05, 0.1) is 12.6 Å². The highest BCUT2D eigenvalue weighted by atomic mass is 16.5. The molecule has 0 aliphatic carbocycles. The van der Waals surface area contributed by atoms with Crippen LogP contribution in [-0.4, -0.2) is 52.7 Å². The van der Waals surface area contributed by atoms with Crippen LogP contribution in [0.25, 0.3) is 10.9 Å². The molecule has 6 heteroatoms. The molecule has 3 heterocycles. The van der Waals surface area contributed by atoms with Gasteiger partial charge in [0, 0.05) is 36.9 Å². The molecule has 1 aliphatic rings. The van der Waals surface area contributed by atoms with E-state index in [0.29, 0.717) is 11.8 Å². The Morgan fingerprint density at radius 3 is 2.71 bits per heavy atom. The van der Waals surface area contributed by atoms with Crippen molar-refractivity contribution in [2.75, 3.05) is 26.7 Å². The second kappa shape index (κ2) is 12.6. The summed E-state index contributed by atoms with van der Waals surface area (Å²) in [5, 5.41) is 10.5. The lowest BCUT2D eigenvalue weighted by Gasteiger charge is -2.39. The average Bonchev–Trinajstić information content (AvgIpc) is 2.88. The lowest BCUT2D eigenvalue weighted by Crippen LogP contribution is -2.41. The van der Waals surface area contributed by atoms with Crippen molar-refractivity contribution in [3.8, 4) is 5.75 Å². The number of likely N-dealkylation sites (tertiary alicyclic amines) is 1. The van der Waals surface area contributed by atoms with Crippen LogP contribution in [0.2, 0.25) is 0 Å². The minimum absolute atomic E-state index is 0.265. The summed E-state index contributed by atoms with van der Waals surface area (Å²) in [5.74, 6) is 1.22. The fourth-order valence-electron chi connectivity index (χ4n) is 5.51. The molecule has 3 aromatic rings. The Bertz CT molecular complexity index is 1090. The molecular formula is C29H37N3O3. The number of nitrogens with zero attached hydrogens (tertiary/aromatic N) is 3. The lowest BCUT2D eigenvalue weighted by atomic mass is 9.79. The largest absolute Gasteiger partial charge is 0.497 e. The highest BCUT2D eigenvalue weighted by molar-refractivity contribution is 5.83. The number of carbonyl (C=O) groups is 1. The average molecular weight is 476 g/mol. The Labute approximate surface area is 208 Å². The number of ether oxygens (including phenoxy) is 1. The summed E-state index contributed by atoms with van der Waals surface area (Å²) in [6.45, 7) is 3.20. The van der Waals surface area contributed by atoms with E-state index in [1.54, 1.807) is 7.11 Å². The van der Waals surface area contributed by atoms with E-state index in [2.05, 4.69) is 39.1 Å². The first-order chi connectivity index (χ1) is 17.1. The summed E-state index contributed by atoms with van der Waals surface area (Å²) in [5.41, 5.74) is 3.64. The number of fused-ring (bicyclic) bond motifs is 1. The molecule has 2 aromatic heterocycles. The zero-order valence-electron chi connectivity index (χ0n) is 20.7. The van der Waals surface area contributed by atoms with Crippen LogP contribution in [0.3, 0.4) is 0 Å². The van der Waals surface area contributed by atoms with Crippen molar-refractivity contribution < 1.29 is 14.6 Å². The molecule has 1 N–H and O–H groups in total. The molecule has 0 saturated carbocycles. The normalized spacial score (nSPS) is 18.5. The number of piperidine rings is 1. The summed E-state index contributed by atoms with van der Waals surface area (Å²) in [6, 6.07) is 12.3. The van der Waals surface area contributed by atoms with E-state index in [4.69, 9.17) is 4.74 Å². The number of methoxy groups -OCH3 is 1. The smallest absolute Gasteiger partial charge is 0.303 e. The fourth-order valence-corrected chi connectivity index (χ4v) is 5.51. The fraction of sp³-hybridized carbons (Fsp3) is 0.483. The van der Waals surface area contributed by atoms with Gasteiger partial charge in [0.1, 0.15) is 5.75 Å². The number of rotatable bonds is 12. The molecule has 0 bridgehead atoms. The van der Waals surface area contributed by atoms with Gasteiger partial charge in [-0.05, 0) is 117 Å². The molecule has 1 aliphatic heterocycles. The Kier molecular flexibility index (Phi) is 9.07. The number of benzene rings is 1. The van der Waals surface area contributed by atoms with Crippen molar-refractivity contribution >= 4 is 16.9 Å².